The first-order valence-electron chi connectivity index (χ1n) is 7.11. The van der Waals surface area contributed by atoms with Crippen LogP contribution in [-0.2, 0) is 5.41 Å². The average Bonchev–Trinajstić information content (AvgIpc) is 3.05. The molecule has 0 amide bonds. The largest absolute Gasteiger partial charge is 0.360 e. The van der Waals surface area contributed by atoms with Crippen molar-refractivity contribution in [2.45, 2.75) is 26.2 Å². The molecule has 0 saturated heterocycles. The van der Waals surface area contributed by atoms with Gasteiger partial charge in [-0.05, 0) is 18.2 Å². The number of aromatic nitrogens is 1. The van der Waals surface area contributed by atoms with Crippen LogP contribution >= 0.6 is 0 Å². The summed E-state index contributed by atoms with van der Waals surface area (Å²) in [5, 5.41) is 25.5. The Hall–Kier alpha value is -3.45. The molecule has 24 heavy (non-hydrogen) atoms. The second kappa shape index (κ2) is 6.76. The Morgan fingerprint density at radius 2 is 2.04 bits per heavy atom. The van der Waals surface area contributed by atoms with E-state index in [2.05, 4.69) is 15.7 Å². The van der Waals surface area contributed by atoms with E-state index in [4.69, 9.17) is 15.0 Å². The van der Waals surface area contributed by atoms with E-state index in [0.29, 0.717) is 17.0 Å². The highest BCUT2D eigenvalue weighted by Gasteiger charge is 2.24. The van der Waals surface area contributed by atoms with Crippen LogP contribution in [0.3, 0.4) is 0 Å². The molecule has 0 spiro atoms. The first kappa shape index (κ1) is 16.9. The third-order valence-electron chi connectivity index (χ3n) is 3.09. The predicted molar refractivity (Wildman–Crippen MR) is 87.4 cm³/mol. The lowest BCUT2D eigenvalue weighted by Gasteiger charge is -2.11. The highest BCUT2D eigenvalue weighted by atomic mass is 16.5. The van der Waals surface area contributed by atoms with Gasteiger partial charge in [0.2, 0.25) is 11.5 Å². The van der Waals surface area contributed by atoms with Crippen molar-refractivity contribution in [3.8, 4) is 12.1 Å². The van der Waals surface area contributed by atoms with E-state index >= 15 is 0 Å². The van der Waals surface area contributed by atoms with Gasteiger partial charge >= 0.3 is 0 Å². The minimum Gasteiger partial charge on any atom is -0.360 e. The summed E-state index contributed by atoms with van der Waals surface area (Å²) in [5.41, 5.74) is 2.89. The molecule has 0 bridgehead atoms. The molecule has 1 aromatic carbocycles. The van der Waals surface area contributed by atoms with Crippen molar-refractivity contribution in [1.29, 1.82) is 10.5 Å². The smallest absolute Gasteiger partial charge is 0.245 e. The number of benzene rings is 1. The zero-order valence-corrected chi connectivity index (χ0v) is 13.5. The van der Waals surface area contributed by atoms with Gasteiger partial charge in [-0.3, -0.25) is 10.2 Å². The average molecular weight is 321 g/mol. The number of nitrogens with zero attached hydrogens (tertiary/aromatic N) is 4. The highest BCUT2D eigenvalue weighted by Crippen LogP contribution is 2.22. The normalized spacial score (nSPS) is 11.5. The first-order valence-corrected chi connectivity index (χ1v) is 7.11. The Bertz CT molecular complexity index is 875. The SMILES string of the molecule is CC(C)(C)c1cc(C(=O)C(C#N)=NNc2cccc(C#N)c2)no1. The summed E-state index contributed by atoms with van der Waals surface area (Å²) in [6, 6.07) is 11.7. The molecule has 1 N–H and O–H groups in total. The van der Waals surface area contributed by atoms with Crippen LogP contribution in [0.5, 0.6) is 0 Å². The fourth-order valence-corrected chi connectivity index (χ4v) is 1.76. The molecule has 2 rings (SSSR count). The molecule has 0 saturated carbocycles. The monoisotopic (exact) mass is 321 g/mol. The summed E-state index contributed by atoms with van der Waals surface area (Å²) in [6.07, 6.45) is 0. The minimum absolute atomic E-state index is 0.0211. The van der Waals surface area contributed by atoms with Crippen molar-refractivity contribution < 1.29 is 9.32 Å². The van der Waals surface area contributed by atoms with Crippen molar-refractivity contribution in [3.05, 3.63) is 47.3 Å². The van der Waals surface area contributed by atoms with E-state index in [0.717, 1.165) is 0 Å². The van der Waals surface area contributed by atoms with Crippen LogP contribution in [0.1, 0.15) is 42.6 Å². The van der Waals surface area contributed by atoms with E-state index in [9.17, 15) is 4.79 Å². The van der Waals surface area contributed by atoms with Crippen molar-refractivity contribution in [3.63, 3.8) is 0 Å². The van der Waals surface area contributed by atoms with Crippen LogP contribution in [0.4, 0.5) is 5.69 Å². The Balaban J connectivity index is 2.21. The van der Waals surface area contributed by atoms with Crippen molar-refractivity contribution in [1.82, 2.24) is 5.16 Å². The van der Waals surface area contributed by atoms with Gasteiger partial charge < -0.3 is 4.52 Å². The number of anilines is 1. The van der Waals surface area contributed by atoms with E-state index in [1.807, 2.05) is 26.8 Å². The Morgan fingerprint density at radius 3 is 2.62 bits per heavy atom. The number of nitrogens with one attached hydrogen (secondary N) is 1. The maximum atomic E-state index is 12.3. The van der Waals surface area contributed by atoms with E-state index in [-0.39, 0.29) is 16.8 Å². The maximum Gasteiger partial charge on any atom is 0.245 e. The molecule has 0 atom stereocenters. The summed E-state index contributed by atoms with van der Waals surface area (Å²) in [4.78, 5) is 12.3. The third kappa shape index (κ3) is 3.84. The van der Waals surface area contributed by atoms with Gasteiger partial charge in [0.05, 0.1) is 17.3 Å². The van der Waals surface area contributed by atoms with Crippen LogP contribution in [0.2, 0.25) is 0 Å². The van der Waals surface area contributed by atoms with Gasteiger partial charge in [-0.25, -0.2) is 0 Å². The van der Waals surface area contributed by atoms with Crippen LogP contribution in [0.15, 0.2) is 40.0 Å². The van der Waals surface area contributed by atoms with Crippen LogP contribution in [0.25, 0.3) is 0 Å². The van der Waals surface area contributed by atoms with Gasteiger partial charge in [0.15, 0.2) is 5.69 Å². The van der Waals surface area contributed by atoms with E-state index < -0.39 is 5.78 Å². The summed E-state index contributed by atoms with van der Waals surface area (Å²) >= 11 is 0. The number of hydrogen-bond acceptors (Lipinski definition) is 7. The Labute approximate surface area is 139 Å². The molecule has 120 valence electrons. The summed E-state index contributed by atoms with van der Waals surface area (Å²) in [7, 11) is 0. The number of hydrogen-bond donors (Lipinski definition) is 1. The number of ketones is 1. The summed E-state index contributed by atoms with van der Waals surface area (Å²) in [6.45, 7) is 5.76. The van der Waals surface area contributed by atoms with Crippen molar-refractivity contribution in [2.75, 3.05) is 5.43 Å². The third-order valence-corrected chi connectivity index (χ3v) is 3.09. The van der Waals surface area contributed by atoms with Gasteiger partial charge in [-0.1, -0.05) is 32.0 Å². The molecule has 0 aliphatic rings. The number of carbonyl (C=O) groups is 1. The van der Waals surface area contributed by atoms with Crippen LogP contribution < -0.4 is 5.43 Å². The van der Waals surface area contributed by atoms with Crippen LogP contribution in [0, 0.1) is 22.7 Å². The lowest BCUT2D eigenvalue weighted by molar-refractivity contribution is 0.105. The molecule has 2 aromatic rings. The molecule has 0 fully saturated rings. The quantitative estimate of drug-likeness (QED) is 0.526. The molecule has 7 nitrogen and oxygen atoms in total. The van der Waals surface area contributed by atoms with Crippen molar-refractivity contribution >= 4 is 17.2 Å². The number of carbonyl (C=O) groups excluding carboxylic acids is 1. The van der Waals surface area contributed by atoms with E-state index in [1.165, 1.54) is 6.07 Å². The number of Topliss-reactive ketones (excluding diaryl/α,β-unsaturated/α-hetero) is 1. The highest BCUT2D eigenvalue weighted by molar-refractivity contribution is 6.51. The minimum atomic E-state index is -0.638. The van der Waals surface area contributed by atoms with Gasteiger partial charge in [-0.15, -0.1) is 0 Å². The second-order valence-corrected chi connectivity index (χ2v) is 6.03. The molecule has 0 unspecified atom stereocenters. The standard InChI is InChI=1S/C17H15N5O2/c1-17(2,3)15-8-13(22-24-15)16(23)14(10-19)21-20-12-6-4-5-11(7-12)9-18/h4-8,20H,1-3H3. The number of hydrazone groups is 1. The fraction of sp³-hybridized carbons (Fsp3) is 0.235. The van der Waals surface area contributed by atoms with Gasteiger partial charge in [-0.2, -0.15) is 15.6 Å². The van der Waals surface area contributed by atoms with Gasteiger partial charge in [0, 0.05) is 11.5 Å². The molecular weight excluding hydrogens is 306 g/mol. The molecule has 0 radical (unpaired) electrons. The molecule has 0 aliphatic carbocycles. The summed E-state index contributed by atoms with van der Waals surface area (Å²) in [5.74, 6) is -0.0986. The molecule has 7 heteroatoms. The zero-order chi connectivity index (χ0) is 17.7. The Morgan fingerprint density at radius 1 is 1.29 bits per heavy atom. The van der Waals surface area contributed by atoms with Crippen LogP contribution in [-0.4, -0.2) is 16.7 Å². The number of nitriles is 2. The van der Waals surface area contributed by atoms with Crippen molar-refractivity contribution in [2.24, 2.45) is 5.10 Å². The maximum absolute atomic E-state index is 12.3. The molecule has 1 heterocycles. The molecular formula is C17H15N5O2. The topological polar surface area (TPSA) is 115 Å². The second-order valence-electron chi connectivity index (χ2n) is 6.03. The van der Waals surface area contributed by atoms with Gasteiger partial charge in [0.25, 0.3) is 0 Å². The summed E-state index contributed by atoms with van der Waals surface area (Å²) < 4.78 is 5.15. The van der Waals surface area contributed by atoms with Gasteiger partial charge in [0.1, 0.15) is 11.8 Å². The predicted octanol–water partition coefficient (Wildman–Crippen LogP) is 3.02. The lowest BCUT2D eigenvalue weighted by atomic mass is 9.93. The van der Waals surface area contributed by atoms with E-state index in [1.54, 1.807) is 30.3 Å². The molecule has 0 aliphatic heterocycles. The Kier molecular flexibility index (Phi) is 4.76. The zero-order valence-electron chi connectivity index (χ0n) is 13.5. The molecule has 1 aromatic heterocycles. The lowest BCUT2D eigenvalue weighted by Crippen LogP contribution is -2.15. The number of rotatable bonds is 4. The fourth-order valence-electron chi connectivity index (χ4n) is 1.76. The first-order chi connectivity index (χ1) is 11.3.